The Labute approximate surface area is 129 Å². The molecule has 0 spiro atoms. The predicted molar refractivity (Wildman–Crippen MR) is 83.3 cm³/mol. The molecule has 0 aliphatic carbocycles. The number of amides is 1. The Morgan fingerprint density at radius 3 is 2.95 bits per heavy atom. The van der Waals surface area contributed by atoms with Gasteiger partial charge in [-0.1, -0.05) is 0 Å². The number of fused-ring (bicyclic) bond motifs is 1. The van der Waals surface area contributed by atoms with Gasteiger partial charge in [0.25, 0.3) is 5.56 Å². The first-order valence-electron chi connectivity index (χ1n) is 6.40. The van der Waals surface area contributed by atoms with Gasteiger partial charge < -0.3 is 10.1 Å². The zero-order valence-corrected chi connectivity index (χ0v) is 12.5. The minimum Gasteiger partial charge on any atom is -0.481 e. The molecule has 0 unspecified atom stereocenters. The van der Waals surface area contributed by atoms with Crippen LogP contribution in [0.5, 0.6) is 5.88 Å². The molecule has 3 rings (SSSR count). The van der Waals surface area contributed by atoms with E-state index in [2.05, 4.69) is 15.3 Å². The van der Waals surface area contributed by atoms with Crippen LogP contribution in [0.4, 0.5) is 5.69 Å². The molecule has 0 radical (unpaired) electrons. The highest BCUT2D eigenvalue weighted by atomic mass is 32.1. The minimum absolute atomic E-state index is 0.107. The monoisotopic (exact) mass is 316 g/mol. The summed E-state index contributed by atoms with van der Waals surface area (Å²) in [6.45, 7) is -0.107. The van der Waals surface area contributed by atoms with Gasteiger partial charge in [0, 0.05) is 6.07 Å². The molecule has 8 heteroatoms. The van der Waals surface area contributed by atoms with Gasteiger partial charge in [0.05, 0.1) is 30.7 Å². The number of hydrogen-bond donors (Lipinski definition) is 1. The summed E-state index contributed by atoms with van der Waals surface area (Å²) < 4.78 is 6.22. The molecule has 0 saturated heterocycles. The Hall–Kier alpha value is -2.74. The second-order valence-corrected chi connectivity index (χ2v) is 5.35. The highest BCUT2D eigenvalue weighted by Gasteiger charge is 2.09. The molecule has 3 heterocycles. The van der Waals surface area contributed by atoms with Crippen molar-refractivity contribution in [3.63, 3.8) is 0 Å². The largest absolute Gasteiger partial charge is 0.481 e. The van der Waals surface area contributed by atoms with Crippen molar-refractivity contribution in [3.05, 3.63) is 46.5 Å². The highest BCUT2D eigenvalue weighted by molar-refractivity contribution is 7.16. The number of methoxy groups -OCH3 is 1. The highest BCUT2D eigenvalue weighted by Crippen LogP contribution is 2.13. The molecule has 0 aliphatic rings. The fourth-order valence-electron chi connectivity index (χ4n) is 1.94. The fourth-order valence-corrected chi connectivity index (χ4v) is 2.66. The van der Waals surface area contributed by atoms with E-state index in [9.17, 15) is 9.59 Å². The first-order valence-corrected chi connectivity index (χ1v) is 7.28. The summed E-state index contributed by atoms with van der Waals surface area (Å²) in [7, 11) is 1.51. The van der Waals surface area contributed by atoms with Gasteiger partial charge >= 0.3 is 0 Å². The first kappa shape index (κ1) is 14.2. The predicted octanol–water partition coefficient (Wildman–Crippen LogP) is 1.50. The number of carbonyl (C=O) groups excluding carboxylic acids is 1. The number of ether oxygens (including phenoxy) is 1. The average molecular weight is 316 g/mol. The molecule has 1 amide bonds. The molecule has 0 aliphatic heterocycles. The maximum Gasteiger partial charge on any atom is 0.262 e. The van der Waals surface area contributed by atoms with Crippen LogP contribution in [0.25, 0.3) is 10.2 Å². The SMILES string of the molecule is COc1ccc(NC(=O)Cn2cnc3sccc3c2=O)cn1. The maximum absolute atomic E-state index is 12.2. The molecule has 22 heavy (non-hydrogen) atoms. The Morgan fingerprint density at radius 2 is 2.23 bits per heavy atom. The number of nitrogens with zero attached hydrogens (tertiary/aromatic N) is 3. The Bertz CT molecular complexity index is 870. The van der Waals surface area contributed by atoms with Crippen molar-refractivity contribution < 1.29 is 9.53 Å². The zero-order valence-electron chi connectivity index (χ0n) is 11.6. The summed E-state index contributed by atoms with van der Waals surface area (Å²) in [6.07, 6.45) is 2.87. The Morgan fingerprint density at radius 1 is 1.36 bits per heavy atom. The average Bonchev–Trinajstić information content (AvgIpc) is 3.00. The van der Waals surface area contributed by atoms with Crippen molar-refractivity contribution in [2.24, 2.45) is 0 Å². The van der Waals surface area contributed by atoms with Crippen molar-refractivity contribution >= 4 is 33.1 Å². The zero-order chi connectivity index (χ0) is 15.5. The number of pyridine rings is 1. The second-order valence-electron chi connectivity index (χ2n) is 4.45. The van der Waals surface area contributed by atoms with E-state index in [4.69, 9.17) is 4.74 Å². The van der Waals surface area contributed by atoms with Gasteiger partial charge in [-0.25, -0.2) is 9.97 Å². The number of rotatable bonds is 4. The normalized spacial score (nSPS) is 10.6. The molecule has 0 fully saturated rings. The third-order valence-electron chi connectivity index (χ3n) is 2.99. The van der Waals surface area contributed by atoms with E-state index in [1.165, 1.54) is 35.5 Å². The van der Waals surface area contributed by atoms with Crippen LogP contribution in [-0.4, -0.2) is 27.6 Å². The number of aromatic nitrogens is 3. The molecule has 3 aromatic heterocycles. The standard InChI is InChI=1S/C14H12N4O3S/c1-21-12-3-2-9(6-15-12)17-11(19)7-18-8-16-13-10(14(18)20)4-5-22-13/h2-6,8H,7H2,1H3,(H,17,19). The number of nitrogens with one attached hydrogen (secondary N) is 1. The molecule has 0 aromatic carbocycles. The lowest BCUT2D eigenvalue weighted by Crippen LogP contribution is -2.27. The summed E-state index contributed by atoms with van der Waals surface area (Å²) in [5, 5.41) is 4.99. The number of hydrogen-bond acceptors (Lipinski definition) is 6. The Kier molecular flexibility index (Phi) is 3.84. The summed E-state index contributed by atoms with van der Waals surface area (Å²) in [5.74, 6) is 0.131. The summed E-state index contributed by atoms with van der Waals surface area (Å²) in [6, 6.07) is 5.02. The molecule has 7 nitrogen and oxygen atoms in total. The molecule has 0 saturated carbocycles. The van der Waals surface area contributed by atoms with E-state index in [0.29, 0.717) is 21.8 Å². The molecule has 0 bridgehead atoms. The summed E-state index contributed by atoms with van der Waals surface area (Å²) >= 11 is 1.39. The quantitative estimate of drug-likeness (QED) is 0.788. The van der Waals surface area contributed by atoms with Gasteiger partial charge in [-0.2, -0.15) is 0 Å². The van der Waals surface area contributed by atoms with Crippen molar-refractivity contribution in [1.82, 2.24) is 14.5 Å². The first-order chi connectivity index (χ1) is 10.7. The summed E-state index contributed by atoms with van der Waals surface area (Å²) in [4.78, 5) is 33.0. The molecular formula is C14H12N4O3S. The molecule has 0 atom stereocenters. The van der Waals surface area contributed by atoms with E-state index in [1.807, 2.05) is 0 Å². The van der Waals surface area contributed by atoms with Crippen LogP contribution in [-0.2, 0) is 11.3 Å². The van der Waals surface area contributed by atoms with Crippen LogP contribution in [0.15, 0.2) is 40.9 Å². The molecule has 3 aromatic rings. The summed E-state index contributed by atoms with van der Waals surface area (Å²) in [5.41, 5.74) is 0.303. The maximum atomic E-state index is 12.2. The topological polar surface area (TPSA) is 86.1 Å². The van der Waals surface area contributed by atoms with Crippen molar-refractivity contribution in [3.8, 4) is 5.88 Å². The van der Waals surface area contributed by atoms with Gasteiger partial charge in [-0.3, -0.25) is 14.2 Å². The van der Waals surface area contributed by atoms with Gasteiger partial charge in [-0.15, -0.1) is 11.3 Å². The lowest BCUT2D eigenvalue weighted by molar-refractivity contribution is -0.116. The van der Waals surface area contributed by atoms with Crippen LogP contribution in [0, 0.1) is 0 Å². The third-order valence-corrected chi connectivity index (χ3v) is 3.81. The van der Waals surface area contributed by atoms with Gasteiger partial charge in [-0.05, 0) is 17.5 Å². The van der Waals surface area contributed by atoms with E-state index < -0.39 is 0 Å². The number of anilines is 1. The third kappa shape index (κ3) is 2.82. The van der Waals surface area contributed by atoms with E-state index >= 15 is 0 Å². The lowest BCUT2D eigenvalue weighted by Gasteiger charge is -2.07. The lowest BCUT2D eigenvalue weighted by atomic mass is 10.4. The van der Waals surface area contributed by atoms with Crippen molar-refractivity contribution in [2.45, 2.75) is 6.54 Å². The Balaban J connectivity index is 1.74. The van der Waals surface area contributed by atoms with Crippen LogP contribution < -0.4 is 15.6 Å². The molecular weight excluding hydrogens is 304 g/mol. The van der Waals surface area contributed by atoms with Crippen LogP contribution >= 0.6 is 11.3 Å². The van der Waals surface area contributed by atoms with Crippen LogP contribution in [0.3, 0.4) is 0 Å². The number of carbonyl (C=O) groups is 1. The van der Waals surface area contributed by atoms with Crippen LogP contribution in [0.1, 0.15) is 0 Å². The van der Waals surface area contributed by atoms with E-state index in [0.717, 1.165) is 0 Å². The smallest absolute Gasteiger partial charge is 0.262 e. The number of thiophene rings is 1. The van der Waals surface area contributed by atoms with Gasteiger partial charge in [0.2, 0.25) is 11.8 Å². The fraction of sp³-hybridized carbons (Fsp3) is 0.143. The molecule has 112 valence electrons. The van der Waals surface area contributed by atoms with Crippen molar-refractivity contribution in [1.29, 1.82) is 0 Å². The van der Waals surface area contributed by atoms with Gasteiger partial charge in [0.15, 0.2) is 0 Å². The van der Waals surface area contributed by atoms with Crippen LogP contribution in [0.2, 0.25) is 0 Å². The minimum atomic E-state index is -0.328. The van der Waals surface area contributed by atoms with Crippen molar-refractivity contribution in [2.75, 3.05) is 12.4 Å². The molecule has 1 N–H and O–H groups in total. The van der Waals surface area contributed by atoms with E-state index in [-0.39, 0.29) is 18.0 Å². The van der Waals surface area contributed by atoms with E-state index in [1.54, 1.807) is 23.6 Å². The second kappa shape index (κ2) is 5.94. The van der Waals surface area contributed by atoms with Gasteiger partial charge in [0.1, 0.15) is 11.4 Å².